The van der Waals surface area contributed by atoms with E-state index in [1.807, 2.05) is 37.7 Å². The van der Waals surface area contributed by atoms with Crippen molar-refractivity contribution >= 4 is 59.6 Å². The minimum Gasteiger partial charge on any atom is -0.370 e. The van der Waals surface area contributed by atoms with Gasteiger partial charge in [-0.2, -0.15) is 4.99 Å². The molecule has 0 radical (unpaired) electrons. The number of hydrogen-bond acceptors (Lipinski definition) is 5. The Morgan fingerprint density at radius 1 is 1.14 bits per heavy atom. The number of hydrogen-bond donors (Lipinski definition) is 2. The van der Waals surface area contributed by atoms with Crippen molar-refractivity contribution in [2.75, 3.05) is 14.1 Å². The van der Waals surface area contributed by atoms with Gasteiger partial charge in [-0.3, -0.25) is 0 Å². The average Bonchev–Trinajstić information content (AvgIpc) is 2.76. The number of guanidine groups is 1. The molecule has 2 aromatic rings. The fourth-order valence-electron chi connectivity index (χ4n) is 1.58. The molecule has 4 N–H and O–H groups in total. The Bertz CT molecular complexity index is 598. The zero-order chi connectivity index (χ0) is 13.8. The average molecular weight is 386 g/mol. The van der Waals surface area contributed by atoms with E-state index in [0.717, 1.165) is 23.6 Å². The van der Waals surface area contributed by atoms with Gasteiger partial charge >= 0.3 is 0 Å². The summed E-state index contributed by atoms with van der Waals surface area (Å²) in [4.78, 5) is 14.9. The second-order valence-electron chi connectivity index (χ2n) is 4.30. The van der Waals surface area contributed by atoms with Crippen LogP contribution in [0.2, 0.25) is 0 Å². The minimum atomic E-state index is 0. The van der Waals surface area contributed by atoms with Crippen molar-refractivity contribution in [2.24, 2.45) is 16.5 Å². The van der Waals surface area contributed by atoms with E-state index in [2.05, 4.69) is 19.9 Å². The summed E-state index contributed by atoms with van der Waals surface area (Å²) in [5.74, 6) is 0.00946. The van der Waals surface area contributed by atoms with Crippen LogP contribution in [0.4, 0.5) is 5.13 Å². The van der Waals surface area contributed by atoms with Crippen molar-refractivity contribution in [3.05, 3.63) is 29.3 Å². The van der Waals surface area contributed by atoms with E-state index in [1.54, 1.807) is 0 Å². The highest BCUT2D eigenvalue weighted by Crippen LogP contribution is 2.25. The van der Waals surface area contributed by atoms with Crippen molar-refractivity contribution in [2.45, 2.75) is 6.54 Å². The van der Waals surface area contributed by atoms with Gasteiger partial charge in [-0.05, 0) is 26.2 Å². The van der Waals surface area contributed by atoms with Gasteiger partial charge in [-0.25, -0.2) is 9.97 Å². The van der Waals surface area contributed by atoms with Gasteiger partial charge in [0.2, 0.25) is 5.13 Å². The van der Waals surface area contributed by atoms with Crippen LogP contribution in [0.3, 0.4) is 0 Å². The fraction of sp³-hybridized carbons (Fsp3) is 0.250. The lowest BCUT2D eigenvalue weighted by Crippen LogP contribution is -2.21. The summed E-state index contributed by atoms with van der Waals surface area (Å²) in [6.07, 6.45) is 0. The van der Waals surface area contributed by atoms with Crippen molar-refractivity contribution in [1.82, 2.24) is 14.9 Å². The van der Waals surface area contributed by atoms with Gasteiger partial charge in [-0.15, -0.1) is 48.6 Å². The Morgan fingerprint density at radius 2 is 1.82 bits per heavy atom. The number of aliphatic imine (C=N–C) groups is 1. The van der Waals surface area contributed by atoms with E-state index < -0.39 is 0 Å². The summed E-state index contributed by atoms with van der Waals surface area (Å²) in [5, 5.41) is 2.43. The summed E-state index contributed by atoms with van der Waals surface area (Å²) in [7, 11) is 4.02. The van der Waals surface area contributed by atoms with Crippen LogP contribution in [-0.2, 0) is 6.54 Å². The molecule has 0 aliphatic heterocycles. The van der Waals surface area contributed by atoms with Crippen LogP contribution >= 0.6 is 48.6 Å². The first-order chi connectivity index (χ1) is 9.04. The molecule has 0 aromatic carbocycles. The molecule has 0 fully saturated rings. The molecular formula is C12H19Cl3N6S. The van der Waals surface area contributed by atoms with E-state index in [4.69, 9.17) is 11.5 Å². The molecule has 0 atom stereocenters. The lowest BCUT2D eigenvalue weighted by atomic mass is 10.2. The highest BCUT2D eigenvalue weighted by atomic mass is 35.5. The van der Waals surface area contributed by atoms with Crippen LogP contribution in [0.5, 0.6) is 0 Å². The Labute approximate surface area is 152 Å². The van der Waals surface area contributed by atoms with Crippen LogP contribution in [0.15, 0.2) is 28.6 Å². The molecule has 10 heteroatoms. The van der Waals surface area contributed by atoms with E-state index >= 15 is 0 Å². The summed E-state index contributed by atoms with van der Waals surface area (Å²) in [5.41, 5.74) is 13.3. The summed E-state index contributed by atoms with van der Waals surface area (Å²) < 4.78 is 0. The van der Waals surface area contributed by atoms with Crippen LogP contribution in [0, 0.1) is 0 Å². The van der Waals surface area contributed by atoms with Crippen molar-refractivity contribution < 1.29 is 0 Å². The Kier molecular flexibility index (Phi) is 11.1. The molecule has 0 saturated heterocycles. The minimum absolute atomic E-state index is 0. The largest absolute Gasteiger partial charge is 0.370 e. The Balaban J connectivity index is 0. The quantitative estimate of drug-likeness (QED) is 0.623. The van der Waals surface area contributed by atoms with Gasteiger partial charge in [0.05, 0.1) is 11.4 Å². The Morgan fingerprint density at radius 3 is 2.41 bits per heavy atom. The highest BCUT2D eigenvalue weighted by Gasteiger charge is 2.06. The molecule has 6 nitrogen and oxygen atoms in total. The smallest absolute Gasteiger partial charge is 0.212 e. The topological polar surface area (TPSA) is 93.4 Å². The summed E-state index contributed by atoms with van der Waals surface area (Å²) in [6, 6.07) is 5.89. The van der Waals surface area contributed by atoms with E-state index in [9.17, 15) is 0 Å². The van der Waals surface area contributed by atoms with Crippen LogP contribution < -0.4 is 11.5 Å². The van der Waals surface area contributed by atoms with Crippen LogP contribution in [-0.4, -0.2) is 34.9 Å². The molecule has 124 valence electrons. The molecule has 2 heterocycles. The maximum absolute atomic E-state index is 5.32. The van der Waals surface area contributed by atoms with E-state index in [-0.39, 0.29) is 43.2 Å². The van der Waals surface area contributed by atoms with Gasteiger partial charge < -0.3 is 16.4 Å². The number of nitrogens with zero attached hydrogens (tertiary/aromatic N) is 4. The second kappa shape index (κ2) is 10.6. The van der Waals surface area contributed by atoms with Gasteiger partial charge in [-0.1, -0.05) is 6.07 Å². The van der Waals surface area contributed by atoms with Gasteiger partial charge in [0.25, 0.3) is 0 Å². The van der Waals surface area contributed by atoms with E-state index in [1.165, 1.54) is 11.3 Å². The van der Waals surface area contributed by atoms with Crippen molar-refractivity contribution in [1.29, 1.82) is 0 Å². The third kappa shape index (κ3) is 6.76. The van der Waals surface area contributed by atoms with E-state index in [0.29, 0.717) is 5.13 Å². The van der Waals surface area contributed by atoms with Gasteiger partial charge in [0.15, 0.2) is 5.96 Å². The Hall–Kier alpha value is -1.12. The molecule has 0 unspecified atom stereocenters. The first-order valence-corrected chi connectivity index (χ1v) is 6.59. The highest BCUT2D eigenvalue weighted by molar-refractivity contribution is 7.13. The third-order valence-corrected chi connectivity index (χ3v) is 3.00. The molecule has 0 spiro atoms. The SMILES string of the molecule is CN(C)Cc1cccc(-c2csc(N=C(N)N)n2)n1.Cl.Cl.Cl. The maximum atomic E-state index is 5.32. The number of pyridine rings is 1. The zero-order valence-electron chi connectivity index (χ0n) is 12.1. The normalized spacial score (nSPS) is 9.23. The zero-order valence-corrected chi connectivity index (χ0v) is 15.4. The summed E-state index contributed by atoms with van der Waals surface area (Å²) >= 11 is 1.38. The molecular weight excluding hydrogens is 367 g/mol. The lowest BCUT2D eigenvalue weighted by Gasteiger charge is -2.09. The number of aromatic nitrogens is 2. The molecule has 0 aliphatic carbocycles. The number of thiazole rings is 1. The number of nitrogens with two attached hydrogens (primary N) is 2. The standard InChI is InChI=1S/C12H16N6S.3ClH/c1-18(2)6-8-4-3-5-9(15-8)10-7-19-12(16-10)17-11(13)14;;;/h3-5,7H,6H2,1-2H3,(H4,13,14,16,17);3*1H. The molecule has 0 saturated carbocycles. The molecule has 0 aliphatic rings. The third-order valence-electron chi connectivity index (χ3n) is 2.26. The monoisotopic (exact) mass is 384 g/mol. The second-order valence-corrected chi connectivity index (χ2v) is 5.14. The van der Waals surface area contributed by atoms with Crippen LogP contribution in [0.25, 0.3) is 11.4 Å². The lowest BCUT2D eigenvalue weighted by molar-refractivity contribution is 0.397. The first-order valence-electron chi connectivity index (χ1n) is 5.71. The van der Waals surface area contributed by atoms with Crippen molar-refractivity contribution in [3.8, 4) is 11.4 Å². The predicted octanol–water partition coefficient (Wildman–Crippen LogP) is 2.44. The molecule has 22 heavy (non-hydrogen) atoms. The van der Waals surface area contributed by atoms with Gasteiger partial charge in [0.1, 0.15) is 5.69 Å². The molecule has 0 bridgehead atoms. The molecule has 2 aromatic heterocycles. The molecule has 2 rings (SSSR count). The number of rotatable bonds is 4. The maximum Gasteiger partial charge on any atom is 0.212 e. The van der Waals surface area contributed by atoms with Gasteiger partial charge in [0, 0.05) is 11.9 Å². The number of halogens is 3. The molecule has 0 amide bonds. The fourth-order valence-corrected chi connectivity index (χ4v) is 2.28. The first kappa shape index (κ1) is 23.2. The van der Waals surface area contributed by atoms with Crippen LogP contribution in [0.1, 0.15) is 5.69 Å². The van der Waals surface area contributed by atoms with Crippen molar-refractivity contribution in [3.63, 3.8) is 0 Å². The summed E-state index contributed by atoms with van der Waals surface area (Å²) in [6.45, 7) is 0.790. The predicted molar refractivity (Wildman–Crippen MR) is 99.9 cm³/mol.